The lowest BCUT2D eigenvalue weighted by Gasteiger charge is -2.11. The highest BCUT2D eigenvalue weighted by molar-refractivity contribution is 9.10. The molecule has 3 nitrogen and oxygen atoms in total. The van der Waals surface area contributed by atoms with Gasteiger partial charge in [-0.05, 0) is 63.7 Å². The van der Waals surface area contributed by atoms with Gasteiger partial charge in [0, 0.05) is 11.6 Å². The highest BCUT2D eigenvalue weighted by atomic mass is 79.9. The van der Waals surface area contributed by atoms with Crippen molar-refractivity contribution in [3.8, 4) is 5.75 Å². The van der Waals surface area contributed by atoms with Gasteiger partial charge >= 0.3 is 0 Å². The maximum absolute atomic E-state index is 11.9. The average molecular weight is 411 g/mol. The molecule has 0 heterocycles. The number of hydrogen-bond donors (Lipinski definition) is 1. The Morgan fingerprint density at radius 2 is 1.92 bits per heavy atom. The molecule has 1 N–H and O–H groups in total. The van der Waals surface area contributed by atoms with Crippen LogP contribution < -0.4 is 10.1 Å². The molecule has 0 saturated heterocycles. The maximum Gasteiger partial charge on any atom is 0.257 e. The van der Waals surface area contributed by atoms with E-state index in [0.29, 0.717) is 23.2 Å². The van der Waals surface area contributed by atoms with Gasteiger partial charge in [-0.2, -0.15) is 0 Å². The Labute approximate surface area is 156 Å². The van der Waals surface area contributed by atoms with Gasteiger partial charge in [-0.1, -0.05) is 43.6 Å². The Kier molecular flexibility index (Phi) is 7.13. The summed E-state index contributed by atoms with van der Waals surface area (Å²) in [5.74, 6) is 0.988. The van der Waals surface area contributed by atoms with Crippen molar-refractivity contribution in [2.24, 2.45) is 0 Å². The van der Waals surface area contributed by atoms with E-state index < -0.39 is 0 Å². The van der Waals surface area contributed by atoms with Crippen LogP contribution >= 0.6 is 27.5 Å². The van der Waals surface area contributed by atoms with Crippen molar-refractivity contribution >= 4 is 33.4 Å². The molecule has 0 aromatic heterocycles. The third kappa shape index (κ3) is 5.84. The lowest BCUT2D eigenvalue weighted by Crippen LogP contribution is -2.30. The van der Waals surface area contributed by atoms with Crippen LogP contribution in [0.5, 0.6) is 5.75 Å². The molecule has 2 aromatic rings. The standard InChI is InChI=1S/C19H21BrClNO2/c1-13(2)15-5-8-18(17(20)11-15)24-12-19(23)22-10-9-14-3-6-16(21)7-4-14/h3-8,11,13H,9-10,12H2,1-2H3,(H,22,23). The highest BCUT2D eigenvalue weighted by Crippen LogP contribution is 2.28. The zero-order chi connectivity index (χ0) is 17.5. The topological polar surface area (TPSA) is 38.3 Å². The molecule has 0 aliphatic rings. The molecule has 5 heteroatoms. The Morgan fingerprint density at radius 1 is 1.21 bits per heavy atom. The van der Waals surface area contributed by atoms with Gasteiger partial charge in [0.25, 0.3) is 5.91 Å². The molecule has 2 rings (SSSR count). The molecule has 0 spiro atoms. The molecule has 0 aliphatic heterocycles. The predicted octanol–water partition coefficient (Wildman–Crippen LogP) is 4.96. The van der Waals surface area contributed by atoms with Crippen LogP contribution in [0.25, 0.3) is 0 Å². The van der Waals surface area contributed by atoms with Crippen LogP contribution in [0, 0.1) is 0 Å². The number of rotatable bonds is 7. The smallest absolute Gasteiger partial charge is 0.257 e. The molecule has 0 atom stereocenters. The average Bonchev–Trinajstić information content (AvgIpc) is 2.55. The predicted molar refractivity (Wildman–Crippen MR) is 102 cm³/mol. The van der Waals surface area contributed by atoms with Crippen LogP contribution in [-0.4, -0.2) is 19.1 Å². The largest absolute Gasteiger partial charge is 0.483 e. The lowest BCUT2D eigenvalue weighted by atomic mass is 10.0. The summed E-state index contributed by atoms with van der Waals surface area (Å²) >= 11 is 9.33. The fourth-order valence-corrected chi connectivity index (χ4v) is 2.82. The van der Waals surface area contributed by atoms with Gasteiger partial charge in [-0.15, -0.1) is 0 Å². The van der Waals surface area contributed by atoms with Gasteiger partial charge < -0.3 is 10.1 Å². The SMILES string of the molecule is CC(C)c1ccc(OCC(=O)NCCc2ccc(Cl)cc2)c(Br)c1. The lowest BCUT2D eigenvalue weighted by molar-refractivity contribution is -0.123. The van der Waals surface area contributed by atoms with Crippen LogP contribution in [0.2, 0.25) is 5.02 Å². The van der Waals surface area contributed by atoms with Gasteiger partial charge in [0.2, 0.25) is 0 Å². The summed E-state index contributed by atoms with van der Waals surface area (Å²) < 4.78 is 6.44. The second kappa shape index (κ2) is 9.09. The van der Waals surface area contributed by atoms with Crippen LogP contribution in [-0.2, 0) is 11.2 Å². The zero-order valence-corrected chi connectivity index (χ0v) is 16.2. The van der Waals surface area contributed by atoms with E-state index >= 15 is 0 Å². The highest BCUT2D eigenvalue weighted by Gasteiger charge is 2.08. The van der Waals surface area contributed by atoms with E-state index in [9.17, 15) is 4.79 Å². The van der Waals surface area contributed by atoms with Crippen molar-refractivity contribution in [1.82, 2.24) is 5.32 Å². The fraction of sp³-hybridized carbons (Fsp3) is 0.316. The summed E-state index contributed by atoms with van der Waals surface area (Å²) in [5.41, 5.74) is 2.36. The molecular weight excluding hydrogens is 390 g/mol. The third-order valence-corrected chi connectivity index (χ3v) is 4.50. The van der Waals surface area contributed by atoms with Gasteiger partial charge in [0.1, 0.15) is 5.75 Å². The minimum Gasteiger partial charge on any atom is -0.483 e. The summed E-state index contributed by atoms with van der Waals surface area (Å²) in [4.78, 5) is 11.9. The van der Waals surface area contributed by atoms with E-state index in [1.165, 1.54) is 5.56 Å². The molecule has 24 heavy (non-hydrogen) atoms. The second-order valence-corrected chi connectivity index (χ2v) is 7.15. The summed E-state index contributed by atoms with van der Waals surface area (Å²) in [5, 5.41) is 3.57. The molecule has 0 fully saturated rings. The van der Waals surface area contributed by atoms with E-state index in [4.69, 9.17) is 16.3 Å². The number of benzene rings is 2. The molecule has 0 radical (unpaired) electrons. The summed E-state index contributed by atoms with van der Waals surface area (Å²) in [6, 6.07) is 13.5. The molecule has 1 amide bonds. The first kappa shape index (κ1) is 18.8. The molecule has 0 unspecified atom stereocenters. The molecule has 2 aromatic carbocycles. The number of ether oxygens (including phenoxy) is 1. The number of hydrogen-bond acceptors (Lipinski definition) is 2. The Hall–Kier alpha value is -1.52. The van der Waals surface area contributed by atoms with Crippen molar-refractivity contribution in [2.75, 3.05) is 13.2 Å². The first-order chi connectivity index (χ1) is 11.5. The summed E-state index contributed by atoms with van der Waals surface area (Å²) in [6.07, 6.45) is 0.760. The van der Waals surface area contributed by atoms with Crippen LogP contribution in [0.4, 0.5) is 0 Å². The number of amides is 1. The van der Waals surface area contributed by atoms with E-state index in [1.54, 1.807) is 0 Å². The summed E-state index contributed by atoms with van der Waals surface area (Å²) in [6.45, 7) is 4.84. The molecule has 0 bridgehead atoms. The Balaban J connectivity index is 1.76. The maximum atomic E-state index is 11.9. The normalized spacial score (nSPS) is 10.7. The summed E-state index contributed by atoms with van der Waals surface area (Å²) in [7, 11) is 0. The molecular formula is C19H21BrClNO2. The van der Waals surface area contributed by atoms with Crippen molar-refractivity contribution in [3.05, 3.63) is 63.1 Å². The van der Waals surface area contributed by atoms with Crippen LogP contribution in [0.1, 0.15) is 30.9 Å². The van der Waals surface area contributed by atoms with Crippen molar-refractivity contribution in [3.63, 3.8) is 0 Å². The minimum absolute atomic E-state index is 0.000241. The first-order valence-electron chi connectivity index (χ1n) is 7.89. The van der Waals surface area contributed by atoms with Crippen molar-refractivity contribution in [1.29, 1.82) is 0 Å². The van der Waals surface area contributed by atoms with Crippen molar-refractivity contribution < 1.29 is 9.53 Å². The van der Waals surface area contributed by atoms with Gasteiger partial charge in [-0.25, -0.2) is 0 Å². The number of carbonyl (C=O) groups excluding carboxylic acids is 1. The quantitative estimate of drug-likeness (QED) is 0.700. The van der Waals surface area contributed by atoms with Gasteiger partial charge in [0.15, 0.2) is 6.61 Å². The fourth-order valence-electron chi connectivity index (χ4n) is 2.18. The second-order valence-electron chi connectivity index (χ2n) is 5.86. The van der Waals surface area contributed by atoms with E-state index in [-0.39, 0.29) is 12.5 Å². The Bertz CT molecular complexity index is 686. The van der Waals surface area contributed by atoms with E-state index in [2.05, 4.69) is 35.1 Å². The van der Waals surface area contributed by atoms with Crippen molar-refractivity contribution in [2.45, 2.75) is 26.2 Å². The first-order valence-corrected chi connectivity index (χ1v) is 9.06. The van der Waals surface area contributed by atoms with Gasteiger partial charge in [0.05, 0.1) is 4.47 Å². The van der Waals surface area contributed by atoms with E-state index in [0.717, 1.165) is 16.5 Å². The Morgan fingerprint density at radius 3 is 2.54 bits per heavy atom. The molecule has 0 aliphatic carbocycles. The zero-order valence-electron chi connectivity index (χ0n) is 13.8. The number of halogens is 2. The molecule has 128 valence electrons. The van der Waals surface area contributed by atoms with Gasteiger partial charge in [-0.3, -0.25) is 4.79 Å². The number of carbonyl (C=O) groups is 1. The van der Waals surface area contributed by atoms with Crippen LogP contribution in [0.15, 0.2) is 46.9 Å². The number of nitrogens with one attached hydrogen (secondary N) is 1. The minimum atomic E-state index is -0.135. The monoisotopic (exact) mass is 409 g/mol. The third-order valence-electron chi connectivity index (χ3n) is 3.63. The van der Waals surface area contributed by atoms with Crippen LogP contribution in [0.3, 0.4) is 0 Å². The molecule has 0 saturated carbocycles. The van der Waals surface area contributed by atoms with E-state index in [1.807, 2.05) is 42.5 Å².